The molecule has 1 aliphatic carbocycles. The highest BCUT2D eigenvalue weighted by molar-refractivity contribution is 5.86. The minimum absolute atomic E-state index is 0.0445. The second-order valence-electron chi connectivity index (χ2n) is 13.0. The Morgan fingerprint density at radius 1 is 0.778 bits per heavy atom. The van der Waals surface area contributed by atoms with Gasteiger partial charge in [0.25, 0.3) is 5.09 Å². The number of rotatable bonds is 15. The molecule has 11 nitrogen and oxygen atoms in total. The zero-order chi connectivity index (χ0) is 37.3. The molecule has 5 aromatic carbocycles. The molecule has 0 fully saturated rings. The first-order valence-corrected chi connectivity index (χ1v) is 17.8. The Bertz CT molecular complexity index is 2070. The molecule has 2 N–H and O–H groups in total. The van der Waals surface area contributed by atoms with E-state index in [4.69, 9.17) is 9.72 Å². The van der Waals surface area contributed by atoms with Crippen LogP contribution in [0.4, 0.5) is 4.79 Å². The third-order valence-electron chi connectivity index (χ3n) is 9.78. The molecule has 2 amide bonds. The highest BCUT2D eigenvalue weighted by Crippen LogP contribution is 2.44. The van der Waals surface area contributed by atoms with Gasteiger partial charge >= 0.3 is 6.09 Å². The average Bonchev–Trinajstić information content (AvgIpc) is 3.80. The molecule has 1 aromatic heterocycles. The largest absolute Gasteiger partial charge is 0.449 e. The first-order valence-electron chi connectivity index (χ1n) is 17.8. The molecule has 1 atom stereocenters. The number of carbonyl (C=O) groups is 2. The van der Waals surface area contributed by atoms with E-state index in [1.165, 1.54) is 0 Å². The Kier molecular flexibility index (Phi) is 10.8. The van der Waals surface area contributed by atoms with Crippen LogP contribution in [0.2, 0.25) is 0 Å². The summed E-state index contributed by atoms with van der Waals surface area (Å²) in [5, 5.41) is 15.3. The molecule has 0 radical (unpaired) electrons. The van der Waals surface area contributed by atoms with Crippen LogP contribution in [0.25, 0.3) is 11.1 Å². The molecule has 0 unspecified atom stereocenters. The number of ether oxygens (including phenoxy) is 1. The van der Waals surface area contributed by atoms with Gasteiger partial charge < -0.3 is 24.8 Å². The molecule has 0 spiro atoms. The molecule has 0 saturated heterocycles. The van der Waals surface area contributed by atoms with E-state index in [0.717, 1.165) is 38.9 Å². The molecule has 54 heavy (non-hydrogen) atoms. The summed E-state index contributed by atoms with van der Waals surface area (Å²) in [4.78, 5) is 46.9. The molecule has 0 bridgehead atoms. The average molecular weight is 722 g/mol. The predicted molar refractivity (Wildman–Crippen MR) is 203 cm³/mol. The molecular formula is C43H39N5O6. The number of aromatic nitrogens is 2. The van der Waals surface area contributed by atoms with Crippen molar-refractivity contribution in [3.8, 4) is 11.1 Å². The Balaban J connectivity index is 1.15. The van der Waals surface area contributed by atoms with Gasteiger partial charge in [-0.05, 0) is 45.4 Å². The van der Waals surface area contributed by atoms with Crippen LogP contribution in [0.5, 0.6) is 0 Å². The van der Waals surface area contributed by atoms with Crippen LogP contribution in [0.3, 0.4) is 0 Å². The van der Waals surface area contributed by atoms with Crippen molar-refractivity contribution in [1.82, 2.24) is 20.2 Å². The van der Waals surface area contributed by atoms with Gasteiger partial charge in [-0.15, -0.1) is 10.1 Å². The van der Waals surface area contributed by atoms with Crippen molar-refractivity contribution in [3.05, 3.63) is 196 Å². The van der Waals surface area contributed by atoms with Gasteiger partial charge in [0.15, 0.2) is 0 Å². The third-order valence-corrected chi connectivity index (χ3v) is 9.78. The lowest BCUT2D eigenvalue weighted by Gasteiger charge is -2.37. The summed E-state index contributed by atoms with van der Waals surface area (Å²) < 4.78 is 7.85. The van der Waals surface area contributed by atoms with Gasteiger partial charge in [0.2, 0.25) is 5.91 Å². The topological polar surface area (TPSA) is 138 Å². The number of fused-ring (bicyclic) bond motifs is 3. The van der Waals surface area contributed by atoms with Gasteiger partial charge in [-0.2, -0.15) is 0 Å². The minimum Gasteiger partial charge on any atom is -0.449 e. The molecule has 1 heterocycles. The quantitative estimate of drug-likeness (QED) is 0.0510. The normalized spacial score (nSPS) is 12.6. The molecule has 0 aliphatic heterocycles. The summed E-state index contributed by atoms with van der Waals surface area (Å²) in [6, 6.07) is 45.5. The lowest BCUT2D eigenvalue weighted by molar-refractivity contribution is -0.757. The lowest BCUT2D eigenvalue weighted by atomic mass is 9.77. The molecule has 7 rings (SSSR count). The van der Waals surface area contributed by atoms with Crippen molar-refractivity contribution in [2.75, 3.05) is 19.8 Å². The van der Waals surface area contributed by atoms with Crippen LogP contribution in [0, 0.1) is 10.1 Å². The van der Waals surface area contributed by atoms with E-state index in [2.05, 4.69) is 64.0 Å². The van der Waals surface area contributed by atoms with Crippen molar-refractivity contribution in [3.63, 3.8) is 0 Å². The predicted octanol–water partition coefficient (Wildman–Crippen LogP) is 6.89. The second-order valence-corrected chi connectivity index (χ2v) is 13.0. The Labute approximate surface area is 312 Å². The Morgan fingerprint density at radius 3 is 1.83 bits per heavy atom. The van der Waals surface area contributed by atoms with Gasteiger partial charge in [-0.25, -0.2) is 9.78 Å². The van der Waals surface area contributed by atoms with Gasteiger partial charge in [-0.1, -0.05) is 140 Å². The van der Waals surface area contributed by atoms with Crippen LogP contribution in [-0.2, 0) is 26.3 Å². The highest BCUT2D eigenvalue weighted by Gasteiger charge is 2.39. The Hall–Kier alpha value is -6.75. The fourth-order valence-corrected chi connectivity index (χ4v) is 7.38. The number of amides is 2. The maximum Gasteiger partial charge on any atom is 0.407 e. The van der Waals surface area contributed by atoms with E-state index in [0.29, 0.717) is 5.69 Å². The number of hydrogen-bond acceptors (Lipinski definition) is 7. The molecule has 11 heteroatoms. The number of nitrogens with zero attached hydrogens (tertiary/aromatic N) is 3. The summed E-state index contributed by atoms with van der Waals surface area (Å²) in [5.41, 5.74) is 7.12. The maximum absolute atomic E-state index is 13.6. The van der Waals surface area contributed by atoms with Crippen molar-refractivity contribution < 1.29 is 24.3 Å². The number of carbonyl (C=O) groups excluding carboxylic acids is 2. The molecule has 6 aromatic rings. The summed E-state index contributed by atoms with van der Waals surface area (Å²) in [6.07, 6.45) is 3.15. The number of benzene rings is 5. The van der Waals surface area contributed by atoms with Crippen LogP contribution >= 0.6 is 0 Å². The number of alkyl carbamates (subject to hydrolysis) is 1. The van der Waals surface area contributed by atoms with Gasteiger partial charge in [0.05, 0.1) is 18.6 Å². The van der Waals surface area contributed by atoms with Gasteiger partial charge in [0.1, 0.15) is 18.2 Å². The molecule has 272 valence electrons. The SMILES string of the molecule is O=C(N[C@@H](Cc1cn(C(c2ccccc2)(c2ccccc2)c2ccccc2)cn1)C(=O)NCCCO[N+](=O)[O-])OCC1c2ccccc2-c2ccccc21. The maximum atomic E-state index is 13.6. The molecular weight excluding hydrogens is 683 g/mol. The summed E-state index contributed by atoms with van der Waals surface area (Å²) >= 11 is 0. The minimum atomic E-state index is -1.07. The lowest BCUT2D eigenvalue weighted by Crippen LogP contribution is -2.48. The van der Waals surface area contributed by atoms with E-state index in [-0.39, 0.29) is 38.5 Å². The van der Waals surface area contributed by atoms with Crippen LogP contribution < -0.4 is 10.6 Å². The second kappa shape index (κ2) is 16.3. The fourth-order valence-electron chi connectivity index (χ4n) is 7.38. The van der Waals surface area contributed by atoms with Crippen molar-refractivity contribution >= 4 is 12.0 Å². The number of imidazole rings is 1. The van der Waals surface area contributed by atoms with Crippen LogP contribution in [0.15, 0.2) is 152 Å². The molecule has 0 saturated carbocycles. The standard InChI is InChI=1S/C43H39N5O6/c49-41(44-25-14-26-54-48(51)52)40(46-42(50)53-29-39-37-23-12-10-21-35(37)36-22-11-13-24-38(36)39)27-34-28-47(30-45-34)43(31-15-4-1-5-16-31,32-17-6-2-7-18-32)33-19-8-3-9-20-33/h1-13,15-24,28,30,39-40H,14,25-27,29H2,(H,44,49)(H,46,50)/t40-/m0/s1. The van der Waals surface area contributed by atoms with E-state index < -0.39 is 28.7 Å². The third kappa shape index (κ3) is 7.42. The first-order chi connectivity index (χ1) is 26.4. The Morgan fingerprint density at radius 2 is 1.30 bits per heavy atom. The highest BCUT2D eigenvalue weighted by atomic mass is 16.9. The van der Waals surface area contributed by atoms with Crippen LogP contribution in [0.1, 0.15) is 45.8 Å². The van der Waals surface area contributed by atoms with Crippen LogP contribution in [-0.4, -0.2) is 52.4 Å². The first kappa shape index (κ1) is 35.6. The zero-order valence-corrected chi connectivity index (χ0v) is 29.4. The zero-order valence-electron chi connectivity index (χ0n) is 29.4. The fraction of sp³-hybridized carbons (Fsp3) is 0.186. The molecule has 1 aliphatic rings. The van der Waals surface area contributed by atoms with E-state index in [1.807, 2.05) is 102 Å². The van der Waals surface area contributed by atoms with Crippen molar-refractivity contribution in [2.24, 2.45) is 0 Å². The summed E-state index contributed by atoms with van der Waals surface area (Å²) in [6.45, 7) is 0.000614. The van der Waals surface area contributed by atoms with E-state index >= 15 is 0 Å². The van der Waals surface area contributed by atoms with E-state index in [1.54, 1.807) is 6.33 Å². The smallest absolute Gasteiger partial charge is 0.407 e. The number of hydrogen-bond donors (Lipinski definition) is 2. The van der Waals surface area contributed by atoms with Crippen molar-refractivity contribution in [2.45, 2.75) is 30.3 Å². The van der Waals surface area contributed by atoms with E-state index in [9.17, 15) is 19.7 Å². The van der Waals surface area contributed by atoms with Crippen molar-refractivity contribution in [1.29, 1.82) is 0 Å². The summed E-state index contributed by atoms with van der Waals surface area (Å²) in [5.74, 6) is -0.644. The van der Waals surface area contributed by atoms with Gasteiger partial charge in [0, 0.05) is 25.1 Å². The number of nitrogens with one attached hydrogen (secondary N) is 2. The summed E-state index contributed by atoms with van der Waals surface area (Å²) in [7, 11) is 0. The monoisotopic (exact) mass is 721 g/mol. The van der Waals surface area contributed by atoms with Gasteiger partial charge in [-0.3, -0.25) is 4.79 Å².